The van der Waals surface area contributed by atoms with Gasteiger partial charge in [-0.2, -0.15) is 0 Å². The molecule has 1 aromatic carbocycles. The number of aromatic amines is 1. The van der Waals surface area contributed by atoms with E-state index in [9.17, 15) is 5.11 Å². The highest BCUT2D eigenvalue weighted by Crippen LogP contribution is 2.18. The molecule has 0 aliphatic heterocycles. The van der Waals surface area contributed by atoms with Crippen LogP contribution in [0.5, 0.6) is 0 Å². The van der Waals surface area contributed by atoms with E-state index in [1.54, 1.807) is 6.92 Å². The monoisotopic (exact) mass is 176 g/mol. The Morgan fingerprint density at radius 3 is 2.85 bits per heavy atom. The minimum Gasteiger partial charge on any atom is -0.385 e. The van der Waals surface area contributed by atoms with E-state index in [-0.39, 0.29) is 0 Å². The highest BCUT2D eigenvalue weighted by Gasteiger charge is 2.07. The number of aliphatic hydroxyl groups excluding tert-OH is 1. The minimum absolute atomic E-state index is 0.535. The normalized spacial score (nSPS) is 13.5. The topological polar surface area (TPSA) is 48.9 Å². The Morgan fingerprint density at radius 2 is 2.23 bits per heavy atom. The molecule has 0 saturated carbocycles. The number of rotatable bonds is 1. The second-order valence-electron chi connectivity index (χ2n) is 3.27. The molecule has 0 saturated heterocycles. The standard InChI is InChI=1S/C10H12N2O/c1-6-4-3-5-8-9(6)12-10(11-8)7(2)13/h3-5,7,13H,1-2H3,(H,11,12)/t7-/m0/s1. The molecule has 0 spiro atoms. The number of aromatic nitrogens is 2. The predicted molar refractivity (Wildman–Crippen MR) is 51.5 cm³/mol. The first-order valence-electron chi connectivity index (χ1n) is 4.32. The molecule has 13 heavy (non-hydrogen) atoms. The fourth-order valence-electron chi connectivity index (χ4n) is 1.39. The van der Waals surface area contributed by atoms with Crippen molar-refractivity contribution in [1.82, 2.24) is 9.97 Å². The molecule has 1 heterocycles. The van der Waals surface area contributed by atoms with Gasteiger partial charge in [-0.15, -0.1) is 0 Å². The van der Waals surface area contributed by atoms with Crippen molar-refractivity contribution < 1.29 is 5.11 Å². The van der Waals surface area contributed by atoms with E-state index in [1.165, 1.54) is 0 Å². The molecule has 0 aliphatic rings. The van der Waals surface area contributed by atoms with Crippen molar-refractivity contribution in [1.29, 1.82) is 0 Å². The maximum Gasteiger partial charge on any atom is 0.135 e. The number of hydrogen-bond acceptors (Lipinski definition) is 2. The largest absolute Gasteiger partial charge is 0.385 e. The molecule has 2 rings (SSSR count). The van der Waals surface area contributed by atoms with Crippen LogP contribution >= 0.6 is 0 Å². The number of H-pyrrole nitrogens is 1. The predicted octanol–water partition coefficient (Wildman–Crippen LogP) is 1.92. The van der Waals surface area contributed by atoms with E-state index in [2.05, 4.69) is 9.97 Å². The van der Waals surface area contributed by atoms with Crippen LogP contribution < -0.4 is 0 Å². The SMILES string of the molecule is Cc1cccc2[nH]c([C@H](C)O)nc12. The van der Waals surface area contributed by atoms with Crippen molar-refractivity contribution in [2.45, 2.75) is 20.0 Å². The third-order valence-electron chi connectivity index (χ3n) is 2.13. The maximum atomic E-state index is 9.32. The van der Waals surface area contributed by atoms with Gasteiger partial charge in [0.1, 0.15) is 11.9 Å². The lowest BCUT2D eigenvalue weighted by Gasteiger charge is -1.95. The van der Waals surface area contributed by atoms with Gasteiger partial charge in [0.2, 0.25) is 0 Å². The van der Waals surface area contributed by atoms with Crippen LogP contribution in [-0.4, -0.2) is 15.1 Å². The number of hydrogen-bond donors (Lipinski definition) is 2. The molecule has 0 radical (unpaired) electrons. The van der Waals surface area contributed by atoms with Gasteiger partial charge >= 0.3 is 0 Å². The number of fused-ring (bicyclic) bond motifs is 1. The summed E-state index contributed by atoms with van der Waals surface area (Å²) in [4.78, 5) is 7.38. The van der Waals surface area contributed by atoms with Crippen LogP contribution in [0.1, 0.15) is 24.4 Å². The van der Waals surface area contributed by atoms with E-state index >= 15 is 0 Å². The molecule has 0 aliphatic carbocycles. The zero-order valence-corrected chi connectivity index (χ0v) is 7.70. The summed E-state index contributed by atoms with van der Waals surface area (Å²) in [5.74, 6) is 0.629. The first kappa shape index (κ1) is 8.26. The van der Waals surface area contributed by atoms with Gasteiger partial charge < -0.3 is 10.1 Å². The van der Waals surface area contributed by atoms with E-state index in [1.807, 2.05) is 25.1 Å². The van der Waals surface area contributed by atoms with Crippen LogP contribution in [0.3, 0.4) is 0 Å². The van der Waals surface area contributed by atoms with Gasteiger partial charge in [0.15, 0.2) is 0 Å². The second-order valence-corrected chi connectivity index (χ2v) is 3.27. The van der Waals surface area contributed by atoms with Crippen molar-refractivity contribution in [3.63, 3.8) is 0 Å². The molecular weight excluding hydrogens is 164 g/mol. The highest BCUT2D eigenvalue weighted by atomic mass is 16.3. The molecule has 2 N–H and O–H groups in total. The highest BCUT2D eigenvalue weighted by molar-refractivity contribution is 5.78. The summed E-state index contributed by atoms with van der Waals surface area (Å²) in [5, 5.41) is 9.32. The molecule has 0 bridgehead atoms. The molecule has 3 heteroatoms. The maximum absolute atomic E-state index is 9.32. The Labute approximate surface area is 76.4 Å². The van der Waals surface area contributed by atoms with Crippen LogP contribution in [0.4, 0.5) is 0 Å². The van der Waals surface area contributed by atoms with Gasteiger partial charge in [0.25, 0.3) is 0 Å². The average Bonchev–Trinajstić information content (AvgIpc) is 2.49. The lowest BCUT2D eigenvalue weighted by atomic mass is 10.2. The Balaban J connectivity index is 2.68. The summed E-state index contributed by atoms with van der Waals surface area (Å²) in [6, 6.07) is 5.94. The van der Waals surface area contributed by atoms with Crippen molar-refractivity contribution in [2.24, 2.45) is 0 Å². The summed E-state index contributed by atoms with van der Waals surface area (Å²) < 4.78 is 0. The fourth-order valence-corrected chi connectivity index (χ4v) is 1.39. The molecule has 1 aromatic heterocycles. The van der Waals surface area contributed by atoms with Gasteiger partial charge in [-0.25, -0.2) is 4.98 Å². The number of nitrogens with zero attached hydrogens (tertiary/aromatic N) is 1. The molecule has 0 amide bonds. The van der Waals surface area contributed by atoms with Crippen LogP contribution in [-0.2, 0) is 0 Å². The zero-order valence-electron chi connectivity index (χ0n) is 7.70. The molecule has 2 aromatic rings. The number of benzene rings is 1. The first-order chi connectivity index (χ1) is 6.18. The van der Waals surface area contributed by atoms with Crippen molar-refractivity contribution in [3.8, 4) is 0 Å². The lowest BCUT2D eigenvalue weighted by Crippen LogP contribution is -1.92. The molecule has 68 valence electrons. The Hall–Kier alpha value is -1.35. The molecular formula is C10H12N2O. The van der Waals surface area contributed by atoms with E-state index in [0.717, 1.165) is 16.6 Å². The van der Waals surface area contributed by atoms with Gasteiger partial charge in [-0.3, -0.25) is 0 Å². The van der Waals surface area contributed by atoms with Crippen LogP contribution in [0.25, 0.3) is 11.0 Å². The molecule has 0 fully saturated rings. The smallest absolute Gasteiger partial charge is 0.135 e. The van der Waals surface area contributed by atoms with Crippen LogP contribution in [0.2, 0.25) is 0 Å². The number of imidazole rings is 1. The third-order valence-corrected chi connectivity index (χ3v) is 2.13. The number of nitrogens with one attached hydrogen (secondary N) is 1. The summed E-state index contributed by atoms with van der Waals surface area (Å²) in [6.45, 7) is 3.71. The fraction of sp³-hybridized carbons (Fsp3) is 0.300. The number of para-hydroxylation sites is 1. The van der Waals surface area contributed by atoms with E-state index < -0.39 is 6.10 Å². The summed E-state index contributed by atoms with van der Waals surface area (Å²) in [6.07, 6.45) is -0.535. The van der Waals surface area contributed by atoms with Gasteiger partial charge in [-0.1, -0.05) is 12.1 Å². The van der Waals surface area contributed by atoms with Crippen molar-refractivity contribution in [3.05, 3.63) is 29.6 Å². The van der Waals surface area contributed by atoms with Gasteiger partial charge in [0.05, 0.1) is 11.0 Å². The third kappa shape index (κ3) is 1.31. The quantitative estimate of drug-likeness (QED) is 0.697. The van der Waals surface area contributed by atoms with Gasteiger partial charge in [-0.05, 0) is 25.5 Å². The van der Waals surface area contributed by atoms with Crippen LogP contribution in [0, 0.1) is 6.92 Å². The molecule has 3 nitrogen and oxygen atoms in total. The Bertz CT molecular complexity index is 431. The first-order valence-corrected chi connectivity index (χ1v) is 4.32. The van der Waals surface area contributed by atoms with E-state index in [0.29, 0.717) is 5.82 Å². The summed E-state index contributed by atoms with van der Waals surface area (Å²) in [5.41, 5.74) is 3.05. The van der Waals surface area contributed by atoms with Crippen molar-refractivity contribution in [2.75, 3.05) is 0 Å². The summed E-state index contributed by atoms with van der Waals surface area (Å²) >= 11 is 0. The Morgan fingerprint density at radius 1 is 1.46 bits per heavy atom. The molecule has 0 unspecified atom stereocenters. The number of aryl methyl sites for hydroxylation is 1. The number of aliphatic hydroxyl groups is 1. The average molecular weight is 176 g/mol. The Kier molecular flexibility index (Phi) is 1.81. The van der Waals surface area contributed by atoms with Gasteiger partial charge in [0, 0.05) is 0 Å². The van der Waals surface area contributed by atoms with Crippen LogP contribution in [0.15, 0.2) is 18.2 Å². The summed E-state index contributed by atoms with van der Waals surface area (Å²) in [7, 11) is 0. The zero-order chi connectivity index (χ0) is 9.42. The van der Waals surface area contributed by atoms with Crippen molar-refractivity contribution >= 4 is 11.0 Å². The lowest BCUT2D eigenvalue weighted by molar-refractivity contribution is 0.190. The van der Waals surface area contributed by atoms with E-state index in [4.69, 9.17) is 0 Å². The molecule has 1 atom stereocenters. The minimum atomic E-state index is -0.535. The second kappa shape index (κ2) is 2.85.